The second kappa shape index (κ2) is 7.92. The molecule has 0 aliphatic heterocycles. The summed E-state index contributed by atoms with van der Waals surface area (Å²) in [6.07, 6.45) is 0.353. The number of methoxy groups -OCH3 is 1. The Morgan fingerprint density at radius 3 is 2.38 bits per heavy atom. The first-order valence-electron chi connectivity index (χ1n) is 6.57. The highest BCUT2D eigenvalue weighted by atomic mass is 127. The Hall–Kier alpha value is -0.910. The van der Waals surface area contributed by atoms with Gasteiger partial charge in [0.2, 0.25) is 0 Å². The number of benzene rings is 2. The molecule has 0 aromatic heterocycles. The highest BCUT2D eigenvalue weighted by Crippen LogP contribution is 2.18. The van der Waals surface area contributed by atoms with E-state index in [1.807, 2.05) is 24.3 Å². The Kier molecular flexibility index (Phi) is 5.66. The lowest BCUT2D eigenvalue weighted by atomic mass is 10.0. The monoisotopic (exact) mass is 434 g/mol. The largest absolute Gasteiger partial charge is 0.497 e. The van der Waals surface area contributed by atoms with Gasteiger partial charge in [-0.15, -0.1) is 0 Å². The SMILES string of the molecule is [3H]P=S(I)Oc1ccc(C(=O)Cc2ccc(OC)cc2)cc1. The molecule has 2 aromatic carbocycles. The van der Waals surface area contributed by atoms with Crippen LogP contribution in [0.15, 0.2) is 48.5 Å². The van der Waals surface area contributed by atoms with E-state index in [0.29, 0.717) is 25.7 Å². The molecule has 0 radical (unpaired) electrons. The van der Waals surface area contributed by atoms with Crippen LogP contribution in [0.5, 0.6) is 11.5 Å². The first kappa shape index (κ1) is 15.0. The van der Waals surface area contributed by atoms with Crippen LogP contribution in [0.4, 0.5) is 0 Å². The lowest BCUT2D eigenvalue weighted by Crippen LogP contribution is -2.03. The van der Waals surface area contributed by atoms with Crippen LogP contribution in [-0.2, 0) is 13.9 Å². The van der Waals surface area contributed by atoms with Crippen molar-refractivity contribution in [2.45, 2.75) is 6.42 Å². The molecule has 0 aliphatic carbocycles. The van der Waals surface area contributed by atoms with Crippen molar-refractivity contribution in [2.75, 3.05) is 7.11 Å². The highest BCUT2D eigenvalue weighted by molar-refractivity contribution is 14.2. The summed E-state index contributed by atoms with van der Waals surface area (Å²) in [6.45, 7) is 0. The Morgan fingerprint density at radius 1 is 1.19 bits per heavy atom. The molecule has 6 heteroatoms. The molecule has 2 aromatic rings. The van der Waals surface area contributed by atoms with Gasteiger partial charge in [-0.1, -0.05) is 12.1 Å². The van der Waals surface area contributed by atoms with Crippen LogP contribution in [-0.4, -0.2) is 14.2 Å². The number of hydrogen-bond acceptors (Lipinski definition) is 3. The minimum atomic E-state index is -0.468. The first-order chi connectivity index (χ1) is 10.6. The number of halogens is 1. The molecule has 21 heavy (non-hydrogen) atoms. The molecule has 3 nitrogen and oxygen atoms in total. The number of carbonyl (C=O) groups excluding carboxylic acids is 1. The smallest absolute Gasteiger partial charge is 0.167 e. The van der Waals surface area contributed by atoms with Crippen molar-refractivity contribution in [3.05, 3.63) is 59.7 Å². The molecule has 0 heterocycles. The van der Waals surface area contributed by atoms with E-state index in [4.69, 9.17) is 10.2 Å². The maximum absolute atomic E-state index is 12.3. The van der Waals surface area contributed by atoms with E-state index in [1.165, 1.54) is 0 Å². The van der Waals surface area contributed by atoms with Crippen molar-refractivity contribution in [1.29, 1.82) is 1.28 Å². The third kappa shape index (κ3) is 5.09. The van der Waals surface area contributed by atoms with Crippen LogP contribution in [0.25, 0.3) is 0 Å². The molecular weight excluding hydrogens is 418 g/mol. The van der Waals surface area contributed by atoms with Crippen molar-refractivity contribution in [2.24, 2.45) is 0 Å². The minimum absolute atomic E-state index is 0.0591. The Balaban J connectivity index is 2.02. The van der Waals surface area contributed by atoms with Gasteiger partial charge in [-0.25, -0.2) is 0 Å². The van der Waals surface area contributed by atoms with Gasteiger partial charge in [0.05, 0.1) is 14.6 Å². The van der Waals surface area contributed by atoms with E-state index in [1.54, 1.807) is 31.4 Å². The van der Waals surface area contributed by atoms with Crippen molar-refractivity contribution in [3.63, 3.8) is 0 Å². The number of Topliss-reactive ketones (excluding diaryl/α,β-unsaturated/α-hetero) is 1. The summed E-state index contributed by atoms with van der Waals surface area (Å²) < 4.78 is 17.8. The van der Waals surface area contributed by atoms with Gasteiger partial charge < -0.3 is 8.92 Å². The maximum Gasteiger partial charge on any atom is 0.167 e. The average Bonchev–Trinajstić information content (AvgIpc) is 2.56. The van der Waals surface area contributed by atoms with Crippen LogP contribution >= 0.6 is 29.2 Å². The molecule has 0 amide bonds. The average molecular weight is 434 g/mol. The van der Waals surface area contributed by atoms with E-state index in [2.05, 4.69) is 21.2 Å². The van der Waals surface area contributed by atoms with Crippen LogP contribution in [0.1, 0.15) is 15.9 Å². The molecule has 0 spiro atoms. The van der Waals surface area contributed by atoms with Gasteiger partial charge in [0.15, 0.2) is 5.78 Å². The number of ether oxygens (including phenoxy) is 1. The summed E-state index contributed by atoms with van der Waals surface area (Å²) in [5.74, 6) is 1.52. The molecule has 0 fully saturated rings. The number of carbonyl (C=O) groups is 1. The summed E-state index contributed by atoms with van der Waals surface area (Å²) in [5, 5.41) is 0. The first-order valence-corrected chi connectivity index (χ1v) is 10.9. The van der Waals surface area contributed by atoms with Crippen LogP contribution < -0.4 is 8.92 Å². The van der Waals surface area contributed by atoms with Gasteiger partial charge in [-0.3, -0.25) is 4.79 Å². The third-order valence-electron chi connectivity index (χ3n) is 2.87. The van der Waals surface area contributed by atoms with Gasteiger partial charge in [0.1, 0.15) is 12.8 Å². The van der Waals surface area contributed by atoms with Gasteiger partial charge in [0.25, 0.3) is 0 Å². The fraction of sp³-hybridized carbons (Fsp3) is 0.133. The zero-order valence-electron chi connectivity index (χ0n) is 12.3. The number of hydrogen-bond donors (Lipinski definition) is 0. The predicted octanol–water partition coefficient (Wildman–Crippen LogP) is 4.44. The summed E-state index contributed by atoms with van der Waals surface area (Å²) in [7, 11) is 1.60. The molecule has 0 N–H and O–H groups in total. The molecule has 0 saturated heterocycles. The van der Waals surface area contributed by atoms with E-state index in [9.17, 15) is 4.79 Å². The van der Waals surface area contributed by atoms with E-state index < -0.39 is 7.53 Å². The molecule has 1 atom stereocenters. The normalized spacial score (nSPS) is 12.6. The highest BCUT2D eigenvalue weighted by Gasteiger charge is 2.08. The van der Waals surface area contributed by atoms with Crippen molar-refractivity contribution < 1.29 is 13.7 Å². The fourth-order valence-electron chi connectivity index (χ4n) is 1.81. The van der Waals surface area contributed by atoms with Gasteiger partial charge in [-0.2, -0.15) is 0 Å². The van der Waals surface area contributed by atoms with E-state index >= 15 is 0 Å². The van der Waals surface area contributed by atoms with Crippen LogP contribution in [0.2, 0.25) is 0 Å². The Bertz CT molecular complexity index is 674. The van der Waals surface area contributed by atoms with Crippen molar-refractivity contribution in [1.82, 2.24) is 0 Å². The van der Waals surface area contributed by atoms with Gasteiger partial charge in [0, 0.05) is 33.2 Å². The molecular formula is C15H14IO3PS. The molecule has 0 bridgehead atoms. The number of rotatable bonds is 6. The predicted molar refractivity (Wildman–Crippen MR) is 97.8 cm³/mol. The Labute approximate surface area is 141 Å². The second-order valence-electron chi connectivity index (χ2n) is 4.26. The van der Waals surface area contributed by atoms with Crippen LogP contribution in [0.3, 0.4) is 0 Å². The quantitative estimate of drug-likeness (QED) is 0.383. The summed E-state index contributed by atoms with van der Waals surface area (Å²) in [6, 6.07) is 14.5. The molecule has 0 saturated carbocycles. The molecule has 1 unspecified atom stereocenters. The minimum Gasteiger partial charge on any atom is -0.497 e. The van der Waals surface area contributed by atoms with Crippen molar-refractivity contribution in [3.8, 4) is 11.5 Å². The lowest BCUT2D eigenvalue weighted by Gasteiger charge is -2.05. The summed E-state index contributed by atoms with van der Waals surface area (Å²) >= 11 is 2.08. The summed E-state index contributed by atoms with van der Waals surface area (Å²) in [5.41, 5.74) is 1.60. The Morgan fingerprint density at radius 2 is 1.81 bits per heavy atom. The lowest BCUT2D eigenvalue weighted by molar-refractivity contribution is 0.0993. The third-order valence-corrected chi connectivity index (χ3v) is 3.96. The fourth-order valence-corrected chi connectivity index (χ4v) is 2.96. The van der Waals surface area contributed by atoms with Gasteiger partial charge in [-0.05, 0) is 49.9 Å². The zero-order valence-corrected chi connectivity index (χ0v) is 15.2. The zero-order chi connectivity index (χ0) is 15.9. The van der Waals surface area contributed by atoms with Crippen LogP contribution in [0, 0.1) is 0 Å². The van der Waals surface area contributed by atoms with Gasteiger partial charge >= 0.3 is 0 Å². The molecule has 0 aliphatic rings. The summed E-state index contributed by atoms with van der Waals surface area (Å²) in [4.78, 5) is 12.3. The van der Waals surface area contributed by atoms with Crippen molar-refractivity contribution >= 4 is 42.5 Å². The number of ketones is 1. The maximum atomic E-state index is 12.3. The molecule has 110 valence electrons. The molecule has 2 rings (SSSR count). The van der Waals surface area contributed by atoms with E-state index in [-0.39, 0.29) is 5.78 Å². The van der Waals surface area contributed by atoms with E-state index in [0.717, 1.165) is 11.3 Å². The topological polar surface area (TPSA) is 35.5 Å². The second-order valence-corrected chi connectivity index (χ2v) is 10.3. The standard InChI is InChI=1S/C15H14IO3PS/c1-18-13-6-2-11(3-7-13)10-15(17)12-4-8-14(9-5-12)19-21(16)20/h2-9,20H,10H2,1H3/i20T.